The largest absolute Gasteiger partial charge is 0.465 e. The highest BCUT2D eigenvalue weighted by Gasteiger charge is 2.12. The Bertz CT molecular complexity index is 241. The molecule has 0 aromatic heterocycles. The van der Waals surface area contributed by atoms with Crippen LogP contribution in [0.2, 0.25) is 0 Å². The Morgan fingerprint density at radius 2 is 1.70 bits per heavy atom. The second-order valence-corrected chi connectivity index (χ2v) is 8.01. The van der Waals surface area contributed by atoms with Gasteiger partial charge in [0.25, 0.3) is 0 Å². The standard InChI is InChI=1S/C16H30O2S2/c1-15(17)18-10-12-20-14-13-19-11-6-5-9-16-7-3-2-4-8-16/h16H,2-14H2,1H3. The Morgan fingerprint density at radius 3 is 2.40 bits per heavy atom. The van der Waals surface area contributed by atoms with Crippen molar-refractivity contribution in [3.8, 4) is 0 Å². The van der Waals surface area contributed by atoms with Crippen molar-refractivity contribution in [2.75, 3.05) is 29.6 Å². The van der Waals surface area contributed by atoms with E-state index in [9.17, 15) is 4.79 Å². The predicted molar refractivity (Wildman–Crippen MR) is 91.7 cm³/mol. The number of carbonyl (C=O) groups excluding carboxylic acids is 1. The van der Waals surface area contributed by atoms with Gasteiger partial charge in [-0.2, -0.15) is 23.5 Å². The lowest BCUT2D eigenvalue weighted by Gasteiger charge is -2.21. The summed E-state index contributed by atoms with van der Waals surface area (Å²) in [6.07, 6.45) is 11.7. The highest BCUT2D eigenvalue weighted by Crippen LogP contribution is 2.27. The maximum Gasteiger partial charge on any atom is 0.302 e. The third-order valence-corrected chi connectivity index (χ3v) is 6.06. The number of hydrogen-bond acceptors (Lipinski definition) is 4. The van der Waals surface area contributed by atoms with Crippen molar-refractivity contribution < 1.29 is 9.53 Å². The second-order valence-electron chi connectivity index (χ2n) is 5.56. The average Bonchev–Trinajstić information content (AvgIpc) is 2.45. The fourth-order valence-electron chi connectivity index (χ4n) is 2.68. The molecule has 0 radical (unpaired) electrons. The maximum absolute atomic E-state index is 10.6. The van der Waals surface area contributed by atoms with Crippen LogP contribution in [-0.4, -0.2) is 35.6 Å². The number of esters is 1. The Balaban J connectivity index is 1.73. The summed E-state index contributed by atoms with van der Waals surface area (Å²) in [5.74, 6) is 5.53. The highest BCUT2D eigenvalue weighted by atomic mass is 32.2. The van der Waals surface area contributed by atoms with Gasteiger partial charge in [-0.25, -0.2) is 0 Å². The number of rotatable bonds is 11. The lowest BCUT2D eigenvalue weighted by atomic mass is 9.86. The number of ether oxygens (including phenoxy) is 1. The molecule has 0 spiro atoms. The Kier molecular flexibility index (Phi) is 11.7. The van der Waals surface area contributed by atoms with Gasteiger partial charge in [-0.1, -0.05) is 44.9 Å². The number of thioether (sulfide) groups is 2. The Labute approximate surface area is 133 Å². The lowest BCUT2D eigenvalue weighted by molar-refractivity contribution is -0.140. The van der Waals surface area contributed by atoms with Gasteiger partial charge in [0.1, 0.15) is 6.61 Å². The third-order valence-electron chi connectivity index (χ3n) is 3.78. The molecule has 118 valence electrons. The summed E-state index contributed by atoms with van der Waals surface area (Å²) in [5.41, 5.74) is 0. The van der Waals surface area contributed by atoms with Crippen LogP contribution in [0.25, 0.3) is 0 Å². The van der Waals surface area contributed by atoms with Gasteiger partial charge in [-0.05, 0) is 18.1 Å². The molecule has 0 N–H and O–H groups in total. The van der Waals surface area contributed by atoms with Gasteiger partial charge < -0.3 is 4.74 Å². The van der Waals surface area contributed by atoms with Crippen LogP contribution in [0, 0.1) is 5.92 Å². The van der Waals surface area contributed by atoms with E-state index in [1.54, 1.807) is 0 Å². The molecule has 1 aliphatic carbocycles. The first kappa shape index (κ1) is 18.2. The molecule has 0 aromatic rings. The summed E-state index contributed by atoms with van der Waals surface area (Å²) in [6.45, 7) is 2.03. The molecule has 0 heterocycles. The molecule has 1 aliphatic rings. The quantitative estimate of drug-likeness (QED) is 0.405. The van der Waals surface area contributed by atoms with Crippen LogP contribution in [0.3, 0.4) is 0 Å². The molecular formula is C16H30O2S2. The molecule has 1 rings (SSSR count). The van der Waals surface area contributed by atoms with E-state index in [2.05, 4.69) is 11.8 Å². The zero-order valence-corrected chi connectivity index (χ0v) is 14.5. The minimum absolute atomic E-state index is 0.169. The molecule has 20 heavy (non-hydrogen) atoms. The van der Waals surface area contributed by atoms with Gasteiger partial charge in [-0.15, -0.1) is 0 Å². The molecule has 0 saturated heterocycles. The van der Waals surface area contributed by atoms with Crippen LogP contribution in [0.4, 0.5) is 0 Å². The first-order chi connectivity index (χ1) is 9.79. The zero-order chi connectivity index (χ0) is 14.5. The van der Waals surface area contributed by atoms with Gasteiger partial charge in [0.15, 0.2) is 0 Å². The first-order valence-corrected chi connectivity index (χ1v) is 10.4. The van der Waals surface area contributed by atoms with Crippen molar-refractivity contribution in [1.29, 1.82) is 0 Å². The summed E-state index contributed by atoms with van der Waals surface area (Å²) in [6, 6.07) is 0. The van der Waals surface area contributed by atoms with Crippen LogP contribution < -0.4 is 0 Å². The van der Waals surface area contributed by atoms with E-state index in [-0.39, 0.29) is 5.97 Å². The van der Waals surface area contributed by atoms with Crippen molar-refractivity contribution in [3.63, 3.8) is 0 Å². The van der Waals surface area contributed by atoms with Crippen LogP contribution in [-0.2, 0) is 9.53 Å². The van der Waals surface area contributed by atoms with E-state index in [0.29, 0.717) is 6.61 Å². The first-order valence-electron chi connectivity index (χ1n) is 8.08. The third kappa shape index (κ3) is 10.9. The molecule has 0 aliphatic heterocycles. The van der Waals surface area contributed by atoms with Crippen molar-refractivity contribution >= 4 is 29.5 Å². The molecule has 0 atom stereocenters. The number of carbonyl (C=O) groups is 1. The van der Waals surface area contributed by atoms with Crippen LogP contribution in [0.5, 0.6) is 0 Å². The summed E-state index contributed by atoms with van der Waals surface area (Å²) >= 11 is 3.96. The minimum Gasteiger partial charge on any atom is -0.465 e. The summed E-state index contributed by atoms with van der Waals surface area (Å²) in [7, 11) is 0. The SMILES string of the molecule is CC(=O)OCCSCCSCCCCC1CCCCC1. The van der Waals surface area contributed by atoms with Gasteiger partial charge in [0, 0.05) is 24.2 Å². The number of unbranched alkanes of at least 4 members (excludes halogenated alkanes) is 1. The van der Waals surface area contributed by atoms with E-state index >= 15 is 0 Å². The molecule has 0 unspecified atom stereocenters. The van der Waals surface area contributed by atoms with Crippen LogP contribution >= 0.6 is 23.5 Å². The topological polar surface area (TPSA) is 26.3 Å². The Morgan fingerprint density at radius 1 is 1.00 bits per heavy atom. The van der Waals surface area contributed by atoms with E-state index in [0.717, 1.165) is 11.7 Å². The fourth-order valence-corrected chi connectivity index (χ4v) is 4.64. The van der Waals surface area contributed by atoms with Crippen molar-refractivity contribution in [3.05, 3.63) is 0 Å². The van der Waals surface area contributed by atoms with Gasteiger partial charge in [-0.3, -0.25) is 4.79 Å². The molecule has 0 aromatic carbocycles. The van der Waals surface area contributed by atoms with Crippen molar-refractivity contribution in [1.82, 2.24) is 0 Å². The molecule has 1 fully saturated rings. The molecular weight excluding hydrogens is 288 g/mol. The second kappa shape index (κ2) is 12.9. The normalized spacial score (nSPS) is 16.2. The van der Waals surface area contributed by atoms with Crippen molar-refractivity contribution in [2.45, 2.75) is 58.3 Å². The summed E-state index contributed by atoms with van der Waals surface area (Å²) < 4.78 is 4.89. The average molecular weight is 319 g/mol. The molecule has 2 nitrogen and oxygen atoms in total. The highest BCUT2D eigenvalue weighted by molar-refractivity contribution is 8.02. The lowest BCUT2D eigenvalue weighted by Crippen LogP contribution is -2.06. The maximum atomic E-state index is 10.6. The molecule has 4 heteroatoms. The fraction of sp³-hybridized carbons (Fsp3) is 0.938. The van der Waals surface area contributed by atoms with E-state index in [4.69, 9.17) is 4.74 Å². The zero-order valence-electron chi connectivity index (χ0n) is 12.9. The molecule has 1 saturated carbocycles. The minimum atomic E-state index is -0.169. The predicted octanol–water partition coefficient (Wildman–Crippen LogP) is 4.77. The van der Waals surface area contributed by atoms with Crippen LogP contribution in [0.15, 0.2) is 0 Å². The summed E-state index contributed by atoms with van der Waals surface area (Å²) in [4.78, 5) is 10.6. The van der Waals surface area contributed by atoms with E-state index in [1.165, 1.54) is 75.5 Å². The molecule has 0 amide bonds. The number of hydrogen-bond donors (Lipinski definition) is 0. The smallest absolute Gasteiger partial charge is 0.302 e. The van der Waals surface area contributed by atoms with Gasteiger partial charge in [0.05, 0.1) is 0 Å². The van der Waals surface area contributed by atoms with Crippen LogP contribution in [0.1, 0.15) is 58.3 Å². The van der Waals surface area contributed by atoms with E-state index < -0.39 is 0 Å². The summed E-state index contributed by atoms with van der Waals surface area (Å²) in [5, 5.41) is 0. The van der Waals surface area contributed by atoms with Gasteiger partial charge >= 0.3 is 5.97 Å². The van der Waals surface area contributed by atoms with Gasteiger partial charge in [0.2, 0.25) is 0 Å². The molecule has 0 bridgehead atoms. The van der Waals surface area contributed by atoms with E-state index in [1.807, 2.05) is 11.8 Å². The van der Waals surface area contributed by atoms with Crippen molar-refractivity contribution in [2.24, 2.45) is 5.92 Å². The monoisotopic (exact) mass is 318 g/mol. The Hall–Kier alpha value is 0.170.